The number of hydrogen-bond acceptors (Lipinski definition) is 4. The van der Waals surface area contributed by atoms with E-state index in [1.165, 1.54) is 7.11 Å². The maximum absolute atomic E-state index is 11.6. The first-order valence-corrected chi connectivity index (χ1v) is 5.21. The average Bonchev–Trinajstić information content (AvgIpc) is 2.70. The highest BCUT2D eigenvalue weighted by Gasteiger charge is 2.23. The number of nitrogens with one attached hydrogen (secondary N) is 2. The van der Waals surface area contributed by atoms with E-state index in [9.17, 15) is 9.59 Å². The van der Waals surface area contributed by atoms with Crippen LogP contribution in [0.15, 0.2) is 0 Å². The molecule has 16 heavy (non-hydrogen) atoms. The number of hydrogen-bond donors (Lipinski definition) is 2. The smallest absolute Gasteiger partial charge is 0.307 e. The summed E-state index contributed by atoms with van der Waals surface area (Å²) in [5, 5.41) is 5.93. The summed E-state index contributed by atoms with van der Waals surface area (Å²) >= 11 is 0. The molecule has 1 heterocycles. The molecule has 1 saturated heterocycles. The molecule has 0 saturated carbocycles. The third kappa shape index (κ3) is 4.81. The monoisotopic (exact) mass is 250 g/mol. The molecule has 94 valence electrons. The van der Waals surface area contributed by atoms with Gasteiger partial charge in [-0.3, -0.25) is 9.59 Å². The van der Waals surface area contributed by atoms with Crippen LogP contribution in [-0.4, -0.2) is 38.1 Å². The van der Waals surface area contributed by atoms with Crippen LogP contribution in [0.4, 0.5) is 0 Å². The SMILES string of the molecule is COC(=O)CC(C)NC(=O)C1CCNC1.Cl. The van der Waals surface area contributed by atoms with Gasteiger partial charge in [0.25, 0.3) is 0 Å². The van der Waals surface area contributed by atoms with E-state index in [1.54, 1.807) is 6.92 Å². The Morgan fingerprint density at radius 3 is 2.75 bits per heavy atom. The van der Waals surface area contributed by atoms with E-state index in [0.717, 1.165) is 19.5 Å². The molecule has 2 unspecified atom stereocenters. The van der Waals surface area contributed by atoms with Crippen LogP contribution in [0.5, 0.6) is 0 Å². The first-order valence-electron chi connectivity index (χ1n) is 5.21. The summed E-state index contributed by atoms with van der Waals surface area (Å²) in [5.41, 5.74) is 0. The molecule has 1 rings (SSSR count). The van der Waals surface area contributed by atoms with Crippen molar-refractivity contribution < 1.29 is 14.3 Å². The van der Waals surface area contributed by atoms with E-state index in [2.05, 4.69) is 15.4 Å². The number of methoxy groups -OCH3 is 1. The van der Waals surface area contributed by atoms with Crippen molar-refractivity contribution in [3.05, 3.63) is 0 Å². The van der Waals surface area contributed by atoms with Crippen molar-refractivity contribution in [2.45, 2.75) is 25.8 Å². The maximum Gasteiger partial charge on any atom is 0.307 e. The van der Waals surface area contributed by atoms with Gasteiger partial charge in [-0.1, -0.05) is 0 Å². The Balaban J connectivity index is 0.00000225. The Hall–Kier alpha value is -0.810. The van der Waals surface area contributed by atoms with Crippen LogP contribution in [0.25, 0.3) is 0 Å². The van der Waals surface area contributed by atoms with Gasteiger partial charge < -0.3 is 15.4 Å². The highest BCUT2D eigenvalue weighted by atomic mass is 35.5. The van der Waals surface area contributed by atoms with Crippen molar-refractivity contribution in [1.29, 1.82) is 0 Å². The van der Waals surface area contributed by atoms with Gasteiger partial charge in [0.05, 0.1) is 19.4 Å². The fourth-order valence-corrected chi connectivity index (χ4v) is 1.62. The Morgan fingerprint density at radius 2 is 2.25 bits per heavy atom. The molecule has 0 bridgehead atoms. The summed E-state index contributed by atoms with van der Waals surface area (Å²) < 4.78 is 4.53. The normalized spacial score (nSPS) is 20.8. The van der Waals surface area contributed by atoms with Crippen LogP contribution >= 0.6 is 12.4 Å². The second-order valence-corrected chi connectivity index (χ2v) is 3.88. The highest BCUT2D eigenvalue weighted by Crippen LogP contribution is 2.08. The van der Waals surface area contributed by atoms with E-state index >= 15 is 0 Å². The van der Waals surface area contributed by atoms with Crippen LogP contribution in [0.2, 0.25) is 0 Å². The van der Waals surface area contributed by atoms with Gasteiger partial charge in [-0.15, -0.1) is 12.4 Å². The zero-order valence-electron chi connectivity index (χ0n) is 9.62. The predicted octanol–water partition coefficient (Wildman–Crippen LogP) is 0.0855. The van der Waals surface area contributed by atoms with E-state index in [4.69, 9.17) is 0 Å². The Morgan fingerprint density at radius 1 is 1.56 bits per heavy atom. The van der Waals surface area contributed by atoms with Gasteiger partial charge in [0.1, 0.15) is 0 Å². The highest BCUT2D eigenvalue weighted by molar-refractivity contribution is 5.85. The van der Waals surface area contributed by atoms with E-state index < -0.39 is 0 Å². The fraction of sp³-hybridized carbons (Fsp3) is 0.800. The van der Waals surface area contributed by atoms with Crippen molar-refractivity contribution in [3.63, 3.8) is 0 Å². The first-order chi connectivity index (χ1) is 7.13. The zero-order valence-corrected chi connectivity index (χ0v) is 10.4. The summed E-state index contributed by atoms with van der Waals surface area (Å²) in [7, 11) is 1.35. The molecule has 0 radical (unpaired) electrons. The van der Waals surface area contributed by atoms with Gasteiger partial charge in [-0.05, 0) is 19.9 Å². The summed E-state index contributed by atoms with van der Waals surface area (Å²) in [6.07, 6.45) is 1.10. The van der Waals surface area contributed by atoms with Crippen LogP contribution in [0, 0.1) is 5.92 Å². The number of amides is 1. The number of ether oxygens (including phenoxy) is 1. The summed E-state index contributed by atoms with van der Waals surface area (Å²) in [4.78, 5) is 22.6. The number of carbonyl (C=O) groups is 2. The molecule has 1 amide bonds. The minimum absolute atomic E-state index is 0. The maximum atomic E-state index is 11.6. The molecule has 0 aromatic rings. The minimum atomic E-state index is -0.299. The molecule has 1 aliphatic rings. The van der Waals surface area contributed by atoms with Crippen LogP contribution in [0.1, 0.15) is 19.8 Å². The van der Waals surface area contributed by atoms with Gasteiger partial charge in [-0.2, -0.15) is 0 Å². The molecule has 2 N–H and O–H groups in total. The van der Waals surface area contributed by atoms with Crippen LogP contribution in [-0.2, 0) is 14.3 Å². The van der Waals surface area contributed by atoms with Crippen LogP contribution in [0.3, 0.4) is 0 Å². The molecule has 0 aromatic heterocycles. The summed E-state index contributed by atoms with van der Waals surface area (Å²) in [5.74, 6) is -0.228. The second-order valence-electron chi connectivity index (χ2n) is 3.88. The Bertz CT molecular complexity index is 242. The molecule has 1 aliphatic heterocycles. The summed E-state index contributed by atoms with van der Waals surface area (Å²) in [6, 6.07) is -0.162. The lowest BCUT2D eigenvalue weighted by molar-refractivity contribution is -0.141. The van der Waals surface area contributed by atoms with Crippen molar-refractivity contribution in [2.75, 3.05) is 20.2 Å². The number of esters is 1. The lowest BCUT2D eigenvalue weighted by atomic mass is 10.1. The lowest BCUT2D eigenvalue weighted by Gasteiger charge is -2.15. The third-order valence-corrected chi connectivity index (χ3v) is 2.52. The molecule has 6 heteroatoms. The first kappa shape index (κ1) is 15.2. The van der Waals surface area contributed by atoms with Gasteiger partial charge in [0.2, 0.25) is 5.91 Å². The zero-order chi connectivity index (χ0) is 11.3. The molecule has 0 aliphatic carbocycles. The molecule has 0 aromatic carbocycles. The third-order valence-electron chi connectivity index (χ3n) is 2.52. The number of halogens is 1. The molecule has 1 fully saturated rings. The van der Waals surface area contributed by atoms with Crippen molar-refractivity contribution in [2.24, 2.45) is 5.92 Å². The van der Waals surface area contributed by atoms with Crippen LogP contribution < -0.4 is 10.6 Å². The lowest BCUT2D eigenvalue weighted by Crippen LogP contribution is -2.39. The molecular formula is C10H19ClN2O3. The number of rotatable bonds is 4. The van der Waals surface area contributed by atoms with Crippen molar-refractivity contribution >= 4 is 24.3 Å². The average molecular weight is 251 g/mol. The van der Waals surface area contributed by atoms with E-state index in [1.807, 2.05) is 0 Å². The van der Waals surface area contributed by atoms with Crippen molar-refractivity contribution in [3.8, 4) is 0 Å². The largest absolute Gasteiger partial charge is 0.469 e. The van der Waals surface area contributed by atoms with Gasteiger partial charge >= 0.3 is 5.97 Å². The molecule has 0 spiro atoms. The van der Waals surface area contributed by atoms with E-state index in [-0.39, 0.29) is 42.7 Å². The van der Waals surface area contributed by atoms with Gasteiger partial charge in [0, 0.05) is 12.6 Å². The Labute approximate surface area is 102 Å². The van der Waals surface area contributed by atoms with E-state index in [0.29, 0.717) is 0 Å². The fourth-order valence-electron chi connectivity index (χ4n) is 1.62. The summed E-state index contributed by atoms with van der Waals surface area (Å²) in [6.45, 7) is 3.43. The predicted molar refractivity (Wildman–Crippen MR) is 62.5 cm³/mol. The standard InChI is InChI=1S/C10H18N2O3.ClH/c1-7(5-9(13)15-2)12-10(14)8-3-4-11-6-8;/h7-8,11H,3-6H2,1-2H3,(H,12,14);1H. The Kier molecular flexibility index (Phi) is 7.08. The second kappa shape index (κ2) is 7.46. The minimum Gasteiger partial charge on any atom is -0.469 e. The molecular weight excluding hydrogens is 232 g/mol. The number of carbonyl (C=O) groups excluding carboxylic acids is 2. The molecule has 5 nitrogen and oxygen atoms in total. The topological polar surface area (TPSA) is 67.4 Å². The molecule has 2 atom stereocenters. The van der Waals surface area contributed by atoms with Gasteiger partial charge in [0.15, 0.2) is 0 Å². The quantitative estimate of drug-likeness (QED) is 0.694. The van der Waals surface area contributed by atoms with Crippen molar-refractivity contribution in [1.82, 2.24) is 10.6 Å². The van der Waals surface area contributed by atoms with Gasteiger partial charge in [-0.25, -0.2) is 0 Å².